The molecule has 2 aromatic heterocycles. The molecule has 0 N–H and O–H groups in total. The molecule has 0 atom stereocenters. The number of imidazole rings is 1. The summed E-state index contributed by atoms with van der Waals surface area (Å²) in [5.41, 5.74) is 1.75. The van der Waals surface area contributed by atoms with E-state index >= 15 is 0 Å². The Labute approximate surface area is 135 Å². The van der Waals surface area contributed by atoms with Gasteiger partial charge in [0.2, 0.25) is 0 Å². The van der Waals surface area contributed by atoms with Crippen molar-refractivity contribution >= 4 is 5.91 Å². The van der Waals surface area contributed by atoms with Crippen LogP contribution in [0, 0.1) is 11.8 Å². The third-order valence-electron chi connectivity index (χ3n) is 4.14. The summed E-state index contributed by atoms with van der Waals surface area (Å²) in [4.78, 5) is 27.0. The molecule has 1 aliphatic heterocycles. The molecule has 1 aliphatic rings. The second-order valence-electron chi connectivity index (χ2n) is 5.63. The molecular weight excluding hydrogens is 290 g/mol. The van der Waals surface area contributed by atoms with Gasteiger partial charge in [-0.15, -0.1) is 0 Å². The lowest BCUT2D eigenvalue weighted by atomic mass is 9.93. The number of piperidine rings is 1. The quantitative estimate of drug-likeness (QED) is 0.791. The van der Waals surface area contributed by atoms with E-state index < -0.39 is 0 Å². The van der Waals surface area contributed by atoms with Crippen LogP contribution < -0.4 is 0 Å². The molecule has 0 bridgehead atoms. The van der Waals surface area contributed by atoms with E-state index in [4.69, 9.17) is 4.98 Å². The van der Waals surface area contributed by atoms with E-state index in [0.29, 0.717) is 19.0 Å². The molecule has 0 aliphatic carbocycles. The number of likely N-dealkylation sites (tertiary alicyclic amines) is 1. The molecule has 0 saturated carbocycles. The monoisotopic (exact) mass is 309 g/mol. The van der Waals surface area contributed by atoms with Crippen LogP contribution >= 0.6 is 0 Å². The Bertz CT molecular complexity index is 763. The number of amides is 1. The average molecular weight is 309 g/mol. The Morgan fingerprint density at radius 3 is 2.74 bits per heavy atom. The topological polar surface area (TPSA) is 63.9 Å². The number of nitrogens with zero attached hydrogens (tertiary/aromatic N) is 5. The van der Waals surface area contributed by atoms with Crippen LogP contribution in [-0.2, 0) is 11.8 Å². The maximum atomic E-state index is 11.8. The maximum Gasteiger partial charge on any atom is 0.298 e. The van der Waals surface area contributed by atoms with Gasteiger partial charge in [0.05, 0.1) is 11.9 Å². The van der Waals surface area contributed by atoms with Crippen LogP contribution in [-0.4, -0.2) is 43.4 Å². The Kier molecular flexibility index (Phi) is 4.38. The highest BCUT2D eigenvalue weighted by Gasteiger charge is 2.24. The van der Waals surface area contributed by atoms with E-state index in [2.05, 4.69) is 21.8 Å². The van der Waals surface area contributed by atoms with E-state index in [1.165, 1.54) is 0 Å². The zero-order valence-corrected chi connectivity index (χ0v) is 13.4. The minimum absolute atomic E-state index is 0.0844. The number of carbonyl (C=O) groups is 1. The molecule has 2 aromatic rings. The lowest BCUT2D eigenvalue weighted by molar-refractivity contribution is -0.126. The van der Waals surface area contributed by atoms with Gasteiger partial charge in [0.1, 0.15) is 5.69 Å². The smallest absolute Gasteiger partial charge is 0.298 e. The molecule has 3 rings (SSSR count). The summed E-state index contributed by atoms with van der Waals surface area (Å²) in [6.45, 7) is 3.11. The molecular formula is C17H19N5O. The molecule has 118 valence electrons. The number of aryl methyl sites for hydroxylation is 1. The van der Waals surface area contributed by atoms with Gasteiger partial charge < -0.3 is 9.47 Å². The summed E-state index contributed by atoms with van der Waals surface area (Å²) in [7, 11) is 1.94. The normalized spacial score (nSPS) is 15.1. The van der Waals surface area contributed by atoms with Gasteiger partial charge >= 0.3 is 0 Å². The van der Waals surface area contributed by atoms with E-state index in [-0.39, 0.29) is 5.91 Å². The van der Waals surface area contributed by atoms with E-state index in [9.17, 15) is 4.79 Å². The summed E-state index contributed by atoms with van der Waals surface area (Å²) in [5, 5.41) is 0. The number of carbonyl (C=O) groups excluding carboxylic acids is 1. The molecule has 6 heteroatoms. The van der Waals surface area contributed by atoms with Crippen molar-refractivity contribution in [2.24, 2.45) is 7.05 Å². The third kappa shape index (κ3) is 3.24. The fourth-order valence-electron chi connectivity index (χ4n) is 2.86. The highest BCUT2D eigenvalue weighted by Crippen LogP contribution is 2.27. The number of hydrogen-bond acceptors (Lipinski definition) is 4. The molecule has 0 aromatic carbocycles. The van der Waals surface area contributed by atoms with Crippen LogP contribution in [0.5, 0.6) is 0 Å². The first-order valence-electron chi connectivity index (χ1n) is 7.70. The molecule has 3 heterocycles. The lowest BCUT2D eigenvalue weighted by Crippen LogP contribution is -2.37. The van der Waals surface area contributed by atoms with Crippen LogP contribution in [0.1, 0.15) is 31.4 Å². The van der Waals surface area contributed by atoms with Gasteiger partial charge in [0.15, 0.2) is 5.82 Å². The second-order valence-corrected chi connectivity index (χ2v) is 5.63. The molecule has 1 amide bonds. The first-order valence-corrected chi connectivity index (χ1v) is 7.70. The Balaban J connectivity index is 1.73. The fourth-order valence-corrected chi connectivity index (χ4v) is 2.86. The molecule has 1 saturated heterocycles. The fraction of sp³-hybridized carbons (Fsp3) is 0.412. The predicted octanol–water partition coefficient (Wildman–Crippen LogP) is 1.61. The van der Waals surface area contributed by atoms with Gasteiger partial charge in [-0.05, 0) is 25.7 Å². The summed E-state index contributed by atoms with van der Waals surface area (Å²) >= 11 is 0. The second kappa shape index (κ2) is 6.61. The molecule has 1 fully saturated rings. The summed E-state index contributed by atoms with van der Waals surface area (Å²) < 4.78 is 1.93. The number of aromatic nitrogens is 4. The van der Waals surface area contributed by atoms with E-state index in [1.54, 1.807) is 19.3 Å². The van der Waals surface area contributed by atoms with Crippen molar-refractivity contribution in [3.8, 4) is 23.4 Å². The minimum Gasteiger partial charge on any atom is -0.333 e. The van der Waals surface area contributed by atoms with Gasteiger partial charge in [-0.1, -0.05) is 5.92 Å². The predicted molar refractivity (Wildman–Crippen MR) is 86.2 cm³/mol. The van der Waals surface area contributed by atoms with Crippen LogP contribution in [0.25, 0.3) is 11.5 Å². The van der Waals surface area contributed by atoms with Gasteiger partial charge in [-0.3, -0.25) is 9.78 Å². The van der Waals surface area contributed by atoms with Crippen molar-refractivity contribution in [2.75, 3.05) is 13.1 Å². The first-order chi connectivity index (χ1) is 11.2. The summed E-state index contributed by atoms with van der Waals surface area (Å²) in [6, 6.07) is 0. The standard InChI is InChI=1S/C17H19N5O/c1-3-4-16(23)22-8-5-13(6-9-22)14-11-18-12-15(20-14)17-19-7-10-21(17)2/h7,10-13H,5-6,8-9H2,1-2H3. The summed E-state index contributed by atoms with van der Waals surface area (Å²) in [5.74, 6) is 6.31. The van der Waals surface area contributed by atoms with Gasteiger partial charge in [-0.2, -0.15) is 0 Å². The van der Waals surface area contributed by atoms with Crippen LogP contribution in [0.3, 0.4) is 0 Å². The molecule has 0 unspecified atom stereocenters. The molecule has 0 radical (unpaired) electrons. The summed E-state index contributed by atoms with van der Waals surface area (Å²) in [6.07, 6.45) is 8.97. The SMILES string of the molecule is CC#CC(=O)N1CCC(c2cncc(-c3nccn3C)n2)CC1. The largest absolute Gasteiger partial charge is 0.333 e. The van der Waals surface area contributed by atoms with Crippen molar-refractivity contribution in [1.82, 2.24) is 24.4 Å². The van der Waals surface area contributed by atoms with Crippen LogP contribution in [0.15, 0.2) is 24.8 Å². The third-order valence-corrected chi connectivity index (χ3v) is 4.14. The van der Waals surface area contributed by atoms with Crippen LogP contribution in [0.4, 0.5) is 0 Å². The van der Waals surface area contributed by atoms with Gasteiger partial charge in [0, 0.05) is 44.6 Å². The lowest BCUT2D eigenvalue weighted by Gasteiger charge is -2.30. The van der Waals surface area contributed by atoms with E-state index in [0.717, 1.165) is 30.1 Å². The molecule has 0 spiro atoms. The van der Waals surface area contributed by atoms with Crippen molar-refractivity contribution in [3.05, 3.63) is 30.5 Å². The molecule has 23 heavy (non-hydrogen) atoms. The Hall–Kier alpha value is -2.68. The van der Waals surface area contributed by atoms with Gasteiger partial charge in [-0.25, -0.2) is 9.97 Å². The van der Waals surface area contributed by atoms with Gasteiger partial charge in [0.25, 0.3) is 5.91 Å². The highest BCUT2D eigenvalue weighted by atomic mass is 16.2. The Morgan fingerprint density at radius 1 is 1.30 bits per heavy atom. The highest BCUT2D eigenvalue weighted by molar-refractivity contribution is 5.93. The van der Waals surface area contributed by atoms with Crippen molar-refractivity contribution < 1.29 is 4.79 Å². The maximum absolute atomic E-state index is 11.8. The van der Waals surface area contributed by atoms with Crippen molar-refractivity contribution in [1.29, 1.82) is 0 Å². The zero-order valence-electron chi connectivity index (χ0n) is 13.4. The number of rotatable bonds is 2. The van der Waals surface area contributed by atoms with Crippen molar-refractivity contribution in [3.63, 3.8) is 0 Å². The van der Waals surface area contributed by atoms with Crippen LogP contribution in [0.2, 0.25) is 0 Å². The number of hydrogen-bond donors (Lipinski definition) is 0. The van der Waals surface area contributed by atoms with E-state index in [1.807, 2.05) is 28.9 Å². The molecule has 6 nitrogen and oxygen atoms in total. The van der Waals surface area contributed by atoms with Crippen molar-refractivity contribution in [2.45, 2.75) is 25.7 Å². The Morgan fingerprint density at radius 2 is 2.09 bits per heavy atom. The first kappa shape index (κ1) is 15.2. The minimum atomic E-state index is -0.0844. The average Bonchev–Trinajstić information content (AvgIpc) is 3.01. The zero-order chi connectivity index (χ0) is 16.2.